The summed E-state index contributed by atoms with van der Waals surface area (Å²) < 4.78 is 6.39. The molecule has 3 heterocycles. The van der Waals surface area contributed by atoms with E-state index >= 15 is 0 Å². The Labute approximate surface area is 426 Å². The second-order valence-electron chi connectivity index (χ2n) is 19.4. The molecule has 72 heavy (non-hydrogen) atoms. The molecule has 2 aliphatic heterocycles. The van der Waals surface area contributed by atoms with Gasteiger partial charge in [0.25, 0.3) is 0 Å². The summed E-state index contributed by atoms with van der Waals surface area (Å²) in [4.78, 5) is 7.75. The van der Waals surface area contributed by atoms with Crippen LogP contribution in [0, 0.1) is 0 Å². The van der Waals surface area contributed by atoms with E-state index in [-0.39, 0.29) is 0 Å². The third kappa shape index (κ3) is 5.27. The van der Waals surface area contributed by atoms with Gasteiger partial charge in [0.05, 0.1) is 16.5 Å². The Morgan fingerprint density at radius 3 is 1.43 bits per heavy atom. The van der Waals surface area contributed by atoms with Gasteiger partial charge in [0.15, 0.2) is 0 Å². The predicted octanol–water partition coefficient (Wildman–Crippen LogP) is 18.4. The van der Waals surface area contributed by atoms with Crippen LogP contribution in [0.4, 0.5) is 17.1 Å². The summed E-state index contributed by atoms with van der Waals surface area (Å²) in [6.07, 6.45) is 0. The highest BCUT2D eigenvalue weighted by atomic mass is 32.2. The van der Waals surface area contributed by atoms with Crippen LogP contribution in [0.15, 0.2) is 273 Å². The third-order valence-electron chi connectivity index (χ3n) is 16.0. The van der Waals surface area contributed by atoms with Crippen molar-refractivity contribution in [2.24, 2.45) is 0 Å². The Morgan fingerprint density at radius 1 is 0.319 bits per heavy atom. The number of nitrogens with zero attached hydrogens (tertiary/aromatic N) is 1. The van der Waals surface area contributed by atoms with E-state index in [9.17, 15) is 0 Å². The molecule has 336 valence electrons. The lowest BCUT2D eigenvalue weighted by molar-refractivity contribution is 0.669. The average molecular weight is 952 g/mol. The lowest BCUT2D eigenvalue weighted by atomic mass is 9.67. The van der Waals surface area contributed by atoms with Gasteiger partial charge in [0.2, 0.25) is 0 Å². The molecule has 0 radical (unpaired) electrons. The molecule has 1 aromatic heterocycles. The Balaban J connectivity index is 0.962. The van der Waals surface area contributed by atoms with Crippen LogP contribution in [-0.4, -0.2) is 0 Å². The summed E-state index contributed by atoms with van der Waals surface area (Å²) >= 11 is 3.77. The molecule has 0 fully saturated rings. The molecule has 0 amide bonds. The van der Waals surface area contributed by atoms with Gasteiger partial charge >= 0.3 is 0 Å². The minimum Gasteiger partial charge on any atom is -0.456 e. The van der Waals surface area contributed by atoms with Gasteiger partial charge in [-0.15, -0.1) is 0 Å². The molecule has 11 aromatic carbocycles. The van der Waals surface area contributed by atoms with E-state index in [1.54, 1.807) is 0 Å². The summed E-state index contributed by atoms with van der Waals surface area (Å²) in [6, 6.07) is 93.0. The Hall–Kier alpha value is -8.28. The highest BCUT2D eigenvalue weighted by molar-refractivity contribution is 7.99. The van der Waals surface area contributed by atoms with Crippen molar-refractivity contribution in [1.29, 1.82) is 0 Å². The third-order valence-corrected chi connectivity index (χ3v) is 18.3. The SMILES string of the molecule is c1ccc2c(c1)Sc1ccccc1C21c2ccccc2-c2cc(N(c3ccc(-c4cccc5oc6ccccc6c45)cc3)c3cccc4c3-c3ccccc3C43c4ccccc4Sc4ccccc43)ccc21. The molecule has 0 atom stereocenters. The van der Waals surface area contributed by atoms with Crippen molar-refractivity contribution in [3.05, 3.63) is 293 Å². The number of benzene rings is 11. The van der Waals surface area contributed by atoms with E-state index in [1.165, 1.54) is 86.3 Å². The lowest BCUT2D eigenvalue weighted by Crippen LogP contribution is -2.32. The summed E-state index contributed by atoms with van der Waals surface area (Å²) in [5.41, 5.74) is 22.1. The van der Waals surface area contributed by atoms with Gasteiger partial charge in [-0.25, -0.2) is 0 Å². The zero-order valence-electron chi connectivity index (χ0n) is 38.8. The number of hydrogen-bond donors (Lipinski definition) is 0. The summed E-state index contributed by atoms with van der Waals surface area (Å²) in [5, 5.41) is 2.27. The summed E-state index contributed by atoms with van der Waals surface area (Å²) in [6.45, 7) is 0. The number of para-hydroxylation sites is 1. The smallest absolute Gasteiger partial charge is 0.136 e. The number of hydrogen-bond acceptors (Lipinski definition) is 4. The van der Waals surface area contributed by atoms with Gasteiger partial charge in [-0.1, -0.05) is 206 Å². The van der Waals surface area contributed by atoms with E-state index in [0.717, 1.165) is 50.1 Å². The van der Waals surface area contributed by atoms with Gasteiger partial charge in [0, 0.05) is 47.3 Å². The first-order valence-corrected chi connectivity index (χ1v) is 26.4. The van der Waals surface area contributed by atoms with Crippen molar-refractivity contribution in [2.75, 3.05) is 4.90 Å². The van der Waals surface area contributed by atoms with Crippen LogP contribution in [0.1, 0.15) is 44.5 Å². The largest absolute Gasteiger partial charge is 0.456 e. The van der Waals surface area contributed by atoms with Crippen LogP contribution < -0.4 is 4.90 Å². The highest BCUT2D eigenvalue weighted by Crippen LogP contribution is 2.66. The van der Waals surface area contributed by atoms with Crippen molar-refractivity contribution in [3.63, 3.8) is 0 Å². The Bertz CT molecular complexity index is 4170. The van der Waals surface area contributed by atoms with Crippen LogP contribution in [0.25, 0.3) is 55.3 Å². The maximum Gasteiger partial charge on any atom is 0.136 e. The van der Waals surface area contributed by atoms with Crippen LogP contribution in [0.2, 0.25) is 0 Å². The topological polar surface area (TPSA) is 16.4 Å². The van der Waals surface area contributed by atoms with Crippen LogP contribution in [-0.2, 0) is 10.8 Å². The van der Waals surface area contributed by atoms with Crippen molar-refractivity contribution in [1.82, 2.24) is 0 Å². The average Bonchev–Trinajstić information content (AvgIpc) is 4.07. The van der Waals surface area contributed by atoms with Crippen LogP contribution in [0.3, 0.4) is 0 Å². The standard InChI is InChI=1S/C68H41NOS2/c1-4-21-50-46(17-1)49-41-44(39-40-52(49)67(50)53-23-6-11-31-61(53)71-62-32-12-7-24-54(62)67)69(43-37-35-42(36-38-43)45-20-15-30-60-65(45)48-19-3-10-29-59(48)70-60)58-28-16-27-57-66(58)47-18-2-5-22-51(47)68(57)55-25-8-13-33-63(55)72-64-34-14-9-26-56(64)68/h1-41H. The lowest BCUT2D eigenvalue weighted by Gasteiger charge is -2.40. The fourth-order valence-electron chi connectivity index (χ4n) is 13.3. The molecule has 0 saturated carbocycles. The van der Waals surface area contributed by atoms with Crippen molar-refractivity contribution >= 4 is 62.5 Å². The molecular formula is C68H41NOS2. The van der Waals surface area contributed by atoms with E-state index in [4.69, 9.17) is 4.42 Å². The number of fused-ring (bicyclic) bond motifs is 21. The van der Waals surface area contributed by atoms with E-state index < -0.39 is 10.8 Å². The molecule has 4 heteroatoms. The predicted molar refractivity (Wildman–Crippen MR) is 297 cm³/mol. The Kier molecular flexibility index (Phi) is 8.49. The van der Waals surface area contributed by atoms with Gasteiger partial charge in [-0.2, -0.15) is 0 Å². The van der Waals surface area contributed by atoms with Crippen LogP contribution in [0.5, 0.6) is 0 Å². The molecular weight excluding hydrogens is 911 g/mol. The maximum absolute atomic E-state index is 6.39. The summed E-state index contributed by atoms with van der Waals surface area (Å²) in [7, 11) is 0. The van der Waals surface area contributed by atoms with E-state index in [1.807, 2.05) is 29.6 Å². The van der Waals surface area contributed by atoms with Crippen LogP contribution >= 0.6 is 23.5 Å². The molecule has 12 aromatic rings. The van der Waals surface area contributed by atoms with Crippen molar-refractivity contribution in [2.45, 2.75) is 30.4 Å². The van der Waals surface area contributed by atoms with Crippen molar-refractivity contribution < 1.29 is 4.42 Å². The molecule has 0 saturated heterocycles. The first-order chi connectivity index (χ1) is 35.7. The van der Waals surface area contributed by atoms with E-state index in [0.29, 0.717) is 0 Å². The molecule has 0 bridgehead atoms. The number of furan rings is 1. The molecule has 0 N–H and O–H groups in total. The van der Waals surface area contributed by atoms with Gasteiger partial charge in [-0.05, 0) is 139 Å². The second-order valence-corrected chi connectivity index (χ2v) is 21.5. The number of rotatable bonds is 4. The minimum absolute atomic E-state index is 0.466. The van der Waals surface area contributed by atoms with E-state index in [2.05, 4.69) is 248 Å². The minimum atomic E-state index is -0.509. The molecule has 2 spiro atoms. The fraction of sp³-hybridized carbons (Fsp3) is 0.0294. The second kappa shape index (κ2) is 15.1. The first kappa shape index (κ1) is 40.4. The quantitative estimate of drug-likeness (QED) is 0.175. The number of anilines is 3. The zero-order valence-corrected chi connectivity index (χ0v) is 40.5. The van der Waals surface area contributed by atoms with Crippen molar-refractivity contribution in [3.8, 4) is 33.4 Å². The molecule has 2 aliphatic carbocycles. The molecule has 2 nitrogen and oxygen atoms in total. The molecule has 0 unspecified atom stereocenters. The monoisotopic (exact) mass is 951 g/mol. The maximum atomic E-state index is 6.39. The normalized spacial score (nSPS) is 14.5. The molecule has 16 rings (SSSR count). The fourth-order valence-corrected chi connectivity index (χ4v) is 15.7. The zero-order chi connectivity index (χ0) is 47.1. The van der Waals surface area contributed by atoms with Gasteiger partial charge in [0.1, 0.15) is 11.2 Å². The van der Waals surface area contributed by atoms with Gasteiger partial charge < -0.3 is 9.32 Å². The van der Waals surface area contributed by atoms with Gasteiger partial charge in [-0.3, -0.25) is 0 Å². The summed E-state index contributed by atoms with van der Waals surface area (Å²) in [5.74, 6) is 0. The first-order valence-electron chi connectivity index (χ1n) is 24.7. The Morgan fingerprint density at radius 2 is 0.778 bits per heavy atom. The highest BCUT2D eigenvalue weighted by Gasteiger charge is 2.52. The molecule has 4 aliphatic rings.